The molecule has 7 nitrogen and oxygen atoms in total. The third-order valence-electron chi connectivity index (χ3n) is 4.24. The van der Waals surface area contributed by atoms with Gasteiger partial charge < -0.3 is 15.0 Å². The summed E-state index contributed by atoms with van der Waals surface area (Å²) in [6.45, 7) is 8.34. The van der Waals surface area contributed by atoms with E-state index in [2.05, 4.69) is 45.6 Å². The SMILES string of the molecule is CC(C)c1cc(NCc2csc(N3CCOCC3)n2)n2nccc2n1. The molecule has 1 saturated heterocycles. The monoisotopic (exact) mass is 358 g/mol. The van der Waals surface area contributed by atoms with Gasteiger partial charge in [-0.1, -0.05) is 13.8 Å². The summed E-state index contributed by atoms with van der Waals surface area (Å²) in [6.07, 6.45) is 1.77. The second-order valence-corrected chi connectivity index (χ2v) is 7.23. The molecule has 0 spiro atoms. The highest BCUT2D eigenvalue weighted by Gasteiger charge is 2.15. The van der Waals surface area contributed by atoms with Gasteiger partial charge in [-0.2, -0.15) is 9.61 Å². The predicted molar refractivity (Wildman–Crippen MR) is 99.5 cm³/mol. The van der Waals surface area contributed by atoms with Crippen molar-refractivity contribution in [1.82, 2.24) is 19.6 Å². The molecule has 0 atom stereocenters. The highest BCUT2D eigenvalue weighted by molar-refractivity contribution is 7.13. The minimum Gasteiger partial charge on any atom is -0.378 e. The van der Waals surface area contributed by atoms with Crippen molar-refractivity contribution in [3.05, 3.63) is 35.1 Å². The molecule has 0 saturated carbocycles. The molecule has 0 unspecified atom stereocenters. The van der Waals surface area contributed by atoms with Crippen molar-refractivity contribution in [1.29, 1.82) is 0 Å². The molecule has 3 aromatic rings. The minimum atomic E-state index is 0.368. The summed E-state index contributed by atoms with van der Waals surface area (Å²) in [6, 6.07) is 4.00. The molecule has 1 aliphatic rings. The fourth-order valence-corrected chi connectivity index (χ4v) is 3.69. The van der Waals surface area contributed by atoms with Gasteiger partial charge in [0.25, 0.3) is 0 Å². The fourth-order valence-electron chi connectivity index (χ4n) is 2.81. The molecule has 1 fully saturated rings. The number of aromatic nitrogens is 4. The van der Waals surface area contributed by atoms with Crippen LogP contribution in [0.15, 0.2) is 23.7 Å². The van der Waals surface area contributed by atoms with Crippen molar-refractivity contribution >= 4 is 27.9 Å². The van der Waals surface area contributed by atoms with Crippen LogP contribution in [0.1, 0.15) is 31.2 Å². The average molecular weight is 358 g/mol. The van der Waals surface area contributed by atoms with Gasteiger partial charge in [0.1, 0.15) is 5.82 Å². The van der Waals surface area contributed by atoms with Gasteiger partial charge in [0.15, 0.2) is 10.8 Å². The maximum absolute atomic E-state index is 5.40. The van der Waals surface area contributed by atoms with Gasteiger partial charge in [-0.15, -0.1) is 11.3 Å². The molecule has 4 heterocycles. The van der Waals surface area contributed by atoms with Gasteiger partial charge in [0.2, 0.25) is 0 Å². The van der Waals surface area contributed by atoms with E-state index in [4.69, 9.17) is 9.72 Å². The molecule has 4 rings (SSSR count). The fraction of sp³-hybridized carbons (Fsp3) is 0.471. The van der Waals surface area contributed by atoms with Crippen LogP contribution in [0.3, 0.4) is 0 Å². The normalized spacial score (nSPS) is 15.2. The minimum absolute atomic E-state index is 0.368. The van der Waals surface area contributed by atoms with Crippen molar-refractivity contribution in [2.45, 2.75) is 26.3 Å². The topological polar surface area (TPSA) is 67.6 Å². The number of hydrogen-bond donors (Lipinski definition) is 1. The number of fused-ring (bicyclic) bond motifs is 1. The van der Waals surface area contributed by atoms with Gasteiger partial charge in [0, 0.05) is 36.3 Å². The molecular weight excluding hydrogens is 336 g/mol. The number of thiazole rings is 1. The smallest absolute Gasteiger partial charge is 0.185 e. The van der Waals surface area contributed by atoms with Crippen LogP contribution in [0, 0.1) is 0 Å². The van der Waals surface area contributed by atoms with Crippen molar-refractivity contribution in [3.63, 3.8) is 0 Å². The summed E-state index contributed by atoms with van der Waals surface area (Å²) in [5.74, 6) is 1.31. The lowest BCUT2D eigenvalue weighted by Gasteiger charge is -2.26. The van der Waals surface area contributed by atoms with Crippen LogP contribution in [0.4, 0.5) is 10.9 Å². The Morgan fingerprint density at radius 3 is 2.92 bits per heavy atom. The van der Waals surface area contributed by atoms with Gasteiger partial charge in [0.05, 0.1) is 31.6 Å². The van der Waals surface area contributed by atoms with E-state index < -0.39 is 0 Å². The van der Waals surface area contributed by atoms with Crippen LogP contribution in [0.5, 0.6) is 0 Å². The first-order valence-electron chi connectivity index (χ1n) is 8.56. The Labute approximate surface area is 150 Å². The molecule has 1 aliphatic heterocycles. The Kier molecular flexibility index (Phi) is 4.54. The van der Waals surface area contributed by atoms with Gasteiger partial charge in [-0.05, 0) is 5.92 Å². The Bertz CT molecular complexity index is 852. The lowest BCUT2D eigenvalue weighted by molar-refractivity contribution is 0.122. The number of morpholine rings is 1. The Balaban J connectivity index is 1.50. The number of hydrogen-bond acceptors (Lipinski definition) is 7. The zero-order valence-corrected chi connectivity index (χ0v) is 15.3. The zero-order chi connectivity index (χ0) is 17.2. The summed E-state index contributed by atoms with van der Waals surface area (Å²) in [4.78, 5) is 11.7. The molecular formula is C17H22N6OS. The van der Waals surface area contributed by atoms with E-state index in [-0.39, 0.29) is 0 Å². The molecule has 0 amide bonds. The summed E-state index contributed by atoms with van der Waals surface area (Å²) in [5, 5.41) is 11.0. The molecule has 0 bridgehead atoms. The second kappa shape index (κ2) is 6.97. The molecule has 3 aromatic heterocycles. The van der Waals surface area contributed by atoms with Crippen molar-refractivity contribution in [2.24, 2.45) is 0 Å². The van der Waals surface area contributed by atoms with E-state index in [1.807, 2.05) is 10.6 Å². The molecule has 0 aromatic carbocycles. The standard InChI is InChI=1S/C17H22N6OS/c1-12(2)14-9-16(23-15(21-14)3-4-19-23)18-10-13-11-25-17(20-13)22-5-7-24-8-6-22/h3-4,9,11-12,18H,5-8,10H2,1-2H3. The molecule has 1 N–H and O–H groups in total. The molecule has 25 heavy (non-hydrogen) atoms. The van der Waals surface area contributed by atoms with E-state index in [9.17, 15) is 0 Å². The van der Waals surface area contributed by atoms with E-state index in [0.29, 0.717) is 12.5 Å². The van der Waals surface area contributed by atoms with E-state index in [1.54, 1.807) is 17.5 Å². The Hall–Kier alpha value is -2.19. The average Bonchev–Trinajstić information content (AvgIpc) is 3.29. The molecule has 0 radical (unpaired) electrons. The van der Waals surface area contributed by atoms with E-state index in [0.717, 1.165) is 54.3 Å². The number of nitrogens with zero attached hydrogens (tertiary/aromatic N) is 5. The molecule has 0 aliphatic carbocycles. The van der Waals surface area contributed by atoms with E-state index in [1.165, 1.54) is 0 Å². The van der Waals surface area contributed by atoms with Crippen molar-refractivity contribution < 1.29 is 4.74 Å². The second-order valence-electron chi connectivity index (χ2n) is 6.40. The Morgan fingerprint density at radius 2 is 2.12 bits per heavy atom. The lowest BCUT2D eigenvalue weighted by Crippen LogP contribution is -2.36. The molecule has 132 valence electrons. The van der Waals surface area contributed by atoms with Crippen LogP contribution in [0.25, 0.3) is 5.65 Å². The van der Waals surface area contributed by atoms with Crippen molar-refractivity contribution in [3.8, 4) is 0 Å². The third-order valence-corrected chi connectivity index (χ3v) is 5.19. The first-order chi connectivity index (χ1) is 12.2. The highest BCUT2D eigenvalue weighted by atomic mass is 32.1. The van der Waals surface area contributed by atoms with Crippen molar-refractivity contribution in [2.75, 3.05) is 36.5 Å². The number of anilines is 2. The zero-order valence-electron chi connectivity index (χ0n) is 14.5. The van der Waals surface area contributed by atoms with Crippen LogP contribution in [-0.2, 0) is 11.3 Å². The summed E-state index contributed by atoms with van der Waals surface area (Å²) >= 11 is 1.69. The number of nitrogens with one attached hydrogen (secondary N) is 1. The largest absolute Gasteiger partial charge is 0.378 e. The third kappa shape index (κ3) is 3.45. The lowest BCUT2D eigenvalue weighted by atomic mass is 10.1. The quantitative estimate of drug-likeness (QED) is 0.756. The van der Waals surface area contributed by atoms with Gasteiger partial charge in [-0.3, -0.25) is 0 Å². The first-order valence-corrected chi connectivity index (χ1v) is 9.44. The summed E-state index contributed by atoms with van der Waals surface area (Å²) < 4.78 is 7.24. The maximum atomic E-state index is 5.40. The summed E-state index contributed by atoms with van der Waals surface area (Å²) in [7, 11) is 0. The highest BCUT2D eigenvalue weighted by Crippen LogP contribution is 2.23. The maximum Gasteiger partial charge on any atom is 0.185 e. The first kappa shape index (κ1) is 16.3. The number of ether oxygens (including phenoxy) is 1. The summed E-state index contributed by atoms with van der Waals surface area (Å²) in [5.41, 5.74) is 2.96. The van der Waals surface area contributed by atoms with Gasteiger partial charge >= 0.3 is 0 Å². The molecule has 8 heteroatoms. The van der Waals surface area contributed by atoms with Crippen LogP contribution < -0.4 is 10.2 Å². The van der Waals surface area contributed by atoms with E-state index >= 15 is 0 Å². The Morgan fingerprint density at radius 1 is 1.28 bits per heavy atom. The van der Waals surface area contributed by atoms with Crippen LogP contribution in [0.2, 0.25) is 0 Å². The van der Waals surface area contributed by atoms with Gasteiger partial charge in [-0.25, -0.2) is 9.97 Å². The number of rotatable bonds is 5. The van der Waals surface area contributed by atoms with Crippen LogP contribution >= 0.6 is 11.3 Å². The van der Waals surface area contributed by atoms with Crippen LogP contribution in [-0.4, -0.2) is 45.9 Å². The predicted octanol–water partition coefficient (Wildman–Crippen LogP) is 2.76.